The molecule has 0 atom stereocenters. The second-order valence-corrected chi connectivity index (χ2v) is 8.48. The summed E-state index contributed by atoms with van der Waals surface area (Å²) in [7, 11) is 3.73. The molecule has 0 aliphatic carbocycles. The van der Waals surface area contributed by atoms with Gasteiger partial charge in [-0.1, -0.05) is 0 Å². The number of nitrogens with zero attached hydrogens (tertiary/aromatic N) is 3. The Balaban J connectivity index is 1.57. The van der Waals surface area contributed by atoms with Crippen molar-refractivity contribution >= 4 is 44.2 Å². The third-order valence-electron chi connectivity index (χ3n) is 5.50. The number of piperazine rings is 1. The van der Waals surface area contributed by atoms with Crippen molar-refractivity contribution in [2.24, 2.45) is 0 Å². The molecule has 1 N–H and O–H groups in total. The van der Waals surface area contributed by atoms with Crippen molar-refractivity contribution in [3.8, 4) is 5.75 Å². The van der Waals surface area contributed by atoms with E-state index in [4.69, 9.17) is 9.72 Å². The average Bonchev–Trinajstić information content (AvgIpc) is 2.75. The lowest BCUT2D eigenvalue weighted by molar-refractivity contribution is 0.102. The van der Waals surface area contributed by atoms with Gasteiger partial charge in [0.25, 0.3) is 5.91 Å². The van der Waals surface area contributed by atoms with Gasteiger partial charge in [0, 0.05) is 42.8 Å². The van der Waals surface area contributed by atoms with Crippen LogP contribution in [0.15, 0.2) is 46.9 Å². The molecule has 0 spiro atoms. The number of benzene rings is 2. The number of carbonyl (C=O) groups excluding carboxylic acids is 1. The quantitative estimate of drug-likeness (QED) is 0.617. The molecule has 2 aromatic carbocycles. The van der Waals surface area contributed by atoms with Crippen molar-refractivity contribution in [2.75, 3.05) is 50.6 Å². The Morgan fingerprint density at radius 1 is 1.10 bits per heavy atom. The number of pyridine rings is 1. The minimum atomic E-state index is -0.181. The molecule has 3 aromatic rings. The Hall–Kier alpha value is -2.64. The minimum absolute atomic E-state index is 0.181. The zero-order chi connectivity index (χ0) is 21.3. The summed E-state index contributed by atoms with van der Waals surface area (Å²) in [5.74, 6) is 1.46. The van der Waals surface area contributed by atoms with Crippen molar-refractivity contribution in [3.63, 3.8) is 0 Å². The van der Waals surface area contributed by atoms with Crippen molar-refractivity contribution in [1.29, 1.82) is 0 Å². The largest absolute Gasteiger partial charge is 0.496 e. The van der Waals surface area contributed by atoms with Crippen molar-refractivity contribution in [2.45, 2.75) is 6.92 Å². The van der Waals surface area contributed by atoms with Crippen LogP contribution in [0.4, 0.5) is 11.5 Å². The number of likely N-dealkylation sites (N-methyl/N-ethyl adjacent to an activating group) is 1. The number of fused-ring (bicyclic) bond motifs is 1. The van der Waals surface area contributed by atoms with Crippen LogP contribution in [0, 0.1) is 6.92 Å². The molecule has 0 unspecified atom stereocenters. The highest BCUT2D eigenvalue weighted by molar-refractivity contribution is 9.10. The summed E-state index contributed by atoms with van der Waals surface area (Å²) in [6.45, 7) is 6.16. The van der Waals surface area contributed by atoms with E-state index in [0.29, 0.717) is 11.3 Å². The van der Waals surface area contributed by atoms with E-state index in [1.54, 1.807) is 19.2 Å². The van der Waals surface area contributed by atoms with Gasteiger partial charge in [0.2, 0.25) is 0 Å². The number of hydrogen-bond acceptors (Lipinski definition) is 5. The van der Waals surface area contributed by atoms with E-state index in [-0.39, 0.29) is 5.91 Å². The van der Waals surface area contributed by atoms with Gasteiger partial charge >= 0.3 is 0 Å². The van der Waals surface area contributed by atoms with Crippen LogP contribution in [-0.4, -0.2) is 56.1 Å². The number of rotatable bonds is 4. The first kappa shape index (κ1) is 20.6. The monoisotopic (exact) mass is 468 g/mol. The van der Waals surface area contributed by atoms with Crippen molar-refractivity contribution < 1.29 is 9.53 Å². The van der Waals surface area contributed by atoms with Crippen LogP contribution in [-0.2, 0) is 0 Å². The first-order valence-electron chi connectivity index (χ1n) is 9.94. The summed E-state index contributed by atoms with van der Waals surface area (Å²) in [4.78, 5) is 22.2. The van der Waals surface area contributed by atoms with Crippen molar-refractivity contribution in [3.05, 3.63) is 58.1 Å². The highest BCUT2D eigenvalue weighted by atomic mass is 79.9. The summed E-state index contributed by atoms with van der Waals surface area (Å²) >= 11 is 3.41. The number of carbonyl (C=O) groups is 1. The van der Waals surface area contributed by atoms with E-state index in [9.17, 15) is 4.79 Å². The molecule has 0 bridgehead atoms. The van der Waals surface area contributed by atoms with E-state index in [2.05, 4.69) is 51.1 Å². The van der Waals surface area contributed by atoms with Gasteiger partial charge in [0.05, 0.1) is 17.1 Å². The maximum absolute atomic E-state index is 12.7. The third-order valence-corrected chi connectivity index (χ3v) is 6.16. The topological polar surface area (TPSA) is 57.7 Å². The van der Waals surface area contributed by atoms with Gasteiger partial charge in [-0.2, -0.15) is 0 Å². The van der Waals surface area contributed by atoms with Crippen molar-refractivity contribution in [1.82, 2.24) is 9.88 Å². The molecule has 7 heteroatoms. The fraction of sp³-hybridized carbons (Fsp3) is 0.304. The maximum Gasteiger partial charge on any atom is 0.255 e. The Kier molecular flexibility index (Phi) is 5.92. The predicted molar refractivity (Wildman–Crippen MR) is 125 cm³/mol. The normalized spacial score (nSPS) is 14.7. The number of nitrogens with one attached hydrogen (secondary N) is 1. The van der Waals surface area contributed by atoms with E-state index >= 15 is 0 Å². The van der Waals surface area contributed by atoms with Crippen LogP contribution in [0.3, 0.4) is 0 Å². The Bertz CT molecular complexity index is 1090. The lowest BCUT2D eigenvalue weighted by atomic mass is 10.1. The third kappa shape index (κ3) is 4.27. The summed E-state index contributed by atoms with van der Waals surface area (Å²) < 4.78 is 6.09. The van der Waals surface area contributed by atoms with Gasteiger partial charge in [0.1, 0.15) is 11.6 Å². The van der Waals surface area contributed by atoms with Gasteiger partial charge in [-0.25, -0.2) is 4.98 Å². The fourth-order valence-electron chi connectivity index (χ4n) is 3.66. The fourth-order valence-corrected chi connectivity index (χ4v) is 4.06. The highest BCUT2D eigenvalue weighted by Crippen LogP contribution is 2.28. The van der Waals surface area contributed by atoms with Crippen LogP contribution in [0.25, 0.3) is 10.9 Å². The SMILES string of the molecule is COc1cc(C(=O)Nc2ccc3nc(N4CCN(C)CC4)cc(C)c3c2)ccc1Br. The summed E-state index contributed by atoms with van der Waals surface area (Å²) in [6.07, 6.45) is 0. The first-order chi connectivity index (χ1) is 14.4. The summed E-state index contributed by atoms with van der Waals surface area (Å²) in [5.41, 5.74) is 3.37. The molecule has 1 aliphatic heterocycles. The van der Waals surface area contributed by atoms with Crippen LogP contribution < -0.4 is 15.0 Å². The number of hydrogen-bond donors (Lipinski definition) is 1. The molecule has 2 heterocycles. The lowest BCUT2D eigenvalue weighted by Crippen LogP contribution is -2.44. The zero-order valence-electron chi connectivity index (χ0n) is 17.4. The predicted octanol–water partition coefficient (Wildman–Crippen LogP) is 4.32. The van der Waals surface area contributed by atoms with Gasteiger partial charge in [-0.3, -0.25) is 4.79 Å². The van der Waals surface area contributed by atoms with Gasteiger partial charge in [-0.05, 0) is 77.9 Å². The minimum Gasteiger partial charge on any atom is -0.496 e. The van der Waals surface area contributed by atoms with E-state index < -0.39 is 0 Å². The molecule has 0 saturated carbocycles. The average molecular weight is 469 g/mol. The van der Waals surface area contributed by atoms with Gasteiger partial charge in [0.15, 0.2) is 0 Å². The van der Waals surface area contributed by atoms with Gasteiger partial charge in [-0.15, -0.1) is 0 Å². The van der Waals surface area contributed by atoms with Crippen LogP contribution in [0.1, 0.15) is 15.9 Å². The van der Waals surface area contributed by atoms with E-state index in [0.717, 1.165) is 58.6 Å². The number of anilines is 2. The highest BCUT2D eigenvalue weighted by Gasteiger charge is 2.17. The smallest absolute Gasteiger partial charge is 0.255 e. The Labute approximate surface area is 185 Å². The Morgan fingerprint density at radius 3 is 2.60 bits per heavy atom. The number of aryl methyl sites for hydroxylation is 1. The first-order valence-corrected chi connectivity index (χ1v) is 10.7. The molecular formula is C23H25BrN4O2. The lowest BCUT2D eigenvalue weighted by Gasteiger charge is -2.33. The molecule has 1 fully saturated rings. The molecule has 4 rings (SSSR count). The number of aromatic nitrogens is 1. The van der Waals surface area contributed by atoms with E-state index in [1.807, 2.05) is 24.3 Å². The van der Waals surface area contributed by atoms with Crippen LogP contribution >= 0.6 is 15.9 Å². The number of amides is 1. The molecular weight excluding hydrogens is 444 g/mol. The number of ether oxygens (including phenoxy) is 1. The second kappa shape index (κ2) is 8.62. The van der Waals surface area contributed by atoms with Crippen LogP contribution in [0.5, 0.6) is 5.75 Å². The molecule has 1 aliphatic rings. The molecule has 1 aromatic heterocycles. The maximum atomic E-state index is 12.7. The molecule has 30 heavy (non-hydrogen) atoms. The van der Waals surface area contributed by atoms with E-state index in [1.165, 1.54) is 0 Å². The molecule has 1 amide bonds. The second-order valence-electron chi connectivity index (χ2n) is 7.62. The summed E-state index contributed by atoms with van der Waals surface area (Å²) in [5, 5.41) is 4.02. The van der Waals surface area contributed by atoms with Crippen LogP contribution in [0.2, 0.25) is 0 Å². The summed E-state index contributed by atoms with van der Waals surface area (Å²) in [6, 6.07) is 13.3. The molecule has 6 nitrogen and oxygen atoms in total. The number of halogens is 1. The molecule has 1 saturated heterocycles. The standard InChI is InChI=1S/C23H25BrN4O2/c1-15-12-22(28-10-8-27(2)9-11-28)26-20-7-5-17(14-18(15)20)25-23(29)16-4-6-19(24)21(13-16)30-3/h4-7,12-14H,8-11H2,1-3H3,(H,25,29). The van der Waals surface area contributed by atoms with Gasteiger partial charge < -0.3 is 19.9 Å². The number of methoxy groups -OCH3 is 1. The molecule has 156 valence electrons. The molecule has 0 radical (unpaired) electrons. The Morgan fingerprint density at radius 2 is 1.87 bits per heavy atom. The zero-order valence-corrected chi connectivity index (χ0v) is 19.0.